The first-order valence-electron chi connectivity index (χ1n) is 3.01. The maximum Gasteiger partial charge on any atom is 0.00377 e. The summed E-state index contributed by atoms with van der Waals surface area (Å²) < 4.78 is 0. The molecule has 0 fully saturated rings. The third-order valence-corrected chi connectivity index (χ3v) is 1.50. The Kier molecular flexibility index (Phi) is 2.36. The molecule has 0 amide bonds. The average Bonchev–Trinajstić information content (AvgIpc) is 1.97. The highest BCUT2D eigenvalue weighted by molar-refractivity contribution is 6.30. The van der Waals surface area contributed by atoms with Gasteiger partial charge in [-0.2, -0.15) is 0 Å². The van der Waals surface area contributed by atoms with Gasteiger partial charge in [-0.1, -0.05) is 30.2 Å². The summed E-state index contributed by atoms with van der Waals surface area (Å²) in [5, 5.41) is 2.15. The zero-order valence-corrected chi connectivity index (χ0v) is 6.44. The second-order valence-corrected chi connectivity index (χ2v) is 2.11. The summed E-state index contributed by atoms with van der Waals surface area (Å²) >= 11 is 4.82. The molecule has 0 aromatic rings. The lowest BCUT2D eigenvalue weighted by molar-refractivity contribution is 1.55. The van der Waals surface area contributed by atoms with Gasteiger partial charge in [0.05, 0.1) is 0 Å². The molecule has 0 atom stereocenters. The average molecular weight is 151 g/mol. The fraction of sp³-hybridized carbons (Fsp3) is 0.111. The van der Waals surface area contributed by atoms with Crippen LogP contribution >= 0.6 is 11.6 Å². The van der Waals surface area contributed by atoms with Crippen LogP contribution in [-0.2, 0) is 0 Å². The second kappa shape index (κ2) is 3.29. The van der Waals surface area contributed by atoms with E-state index >= 15 is 0 Å². The molecular weight excluding hydrogens is 144 g/mol. The minimum Gasteiger partial charge on any atom is -0.0893 e. The summed E-state index contributed by atoms with van der Waals surface area (Å²) in [5.41, 5.74) is 2.85. The lowest BCUT2D eigenvalue weighted by Crippen LogP contribution is -1.85. The molecule has 2 aliphatic carbocycles. The minimum absolute atomic E-state index is 1.43. The van der Waals surface area contributed by atoms with Crippen molar-refractivity contribution in [3.05, 3.63) is 24.3 Å². The zero-order chi connectivity index (χ0) is 7.40. The standard InChI is InChI=1S/C6H4.C3H3Cl/c1-2-6-4-3-5(1)6;1-2-3-4/h1-4H;1H3. The van der Waals surface area contributed by atoms with Crippen LogP contribution in [0, 0.1) is 11.3 Å². The van der Waals surface area contributed by atoms with Gasteiger partial charge in [0.15, 0.2) is 0 Å². The van der Waals surface area contributed by atoms with Crippen LogP contribution < -0.4 is 0 Å². The molecule has 0 N–H and O–H groups in total. The van der Waals surface area contributed by atoms with Gasteiger partial charge in [0.25, 0.3) is 0 Å². The first-order chi connectivity index (χ1) is 4.88. The van der Waals surface area contributed by atoms with Crippen molar-refractivity contribution in [3.8, 4) is 22.4 Å². The van der Waals surface area contributed by atoms with Crippen molar-refractivity contribution in [1.82, 2.24) is 0 Å². The van der Waals surface area contributed by atoms with Crippen LogP contribution in [0.3, 0.4) is 0 Å². The van der Waals surface area contributed by atoms with Crippen molar-refractivity contribution in [3.63, 3.8) is 0 Å². The van der Waals surface area contributed by atoms with E-state index in [4.69, 9.17) is 11.6 Å². The lowest BCUT2D eigenvalue weighted by atomic mass is 9.95. The summed E-state index contributed by atoms with van der Waals surface area (Å²) in [7, 11) is 0. The molecule has 2 rings (SSSR count). The van der Waals surface area contributed by atoms with Gasteiger partial charge in [0, 0.05) is 5.38 Å². The van der Waals surface area contributed by atoms with Crippen LogP contribution in [0.2, 0.25) is 0 Å². The third-order valence-electron chi connectivity index (χ3n) is 1.31. The van der Waals surface area contributed by atoms with Crippen molar-refractivity contribution in [2.24, 2.45) is 0 Å². The number of hydrogen-bond donors (Lipinski definition) is 0. The maximum atomic E-state index is 4.82. The topological polar surface area (TPSA) is 0 Å². The van der Waals surface area contributed by atoms with Gasteiger partial charge in [-0.3, -0.25) is 0 Å². The fourth-order valence-corrected chi connectivity index (χ4v) is 0.663. The molecule has 0 bridgehead atoms. The number of hydrogen-bond acceptors (Lipinski definition) is 0. The normalized spacial score (nSPS) is 8.20. The Morgan fingerprint density at radius 2 is 1.40 bits per heavy atom. The van der Waals surface area contributed by atoms with Crippen LogP contribution in [0.1, 0.15) is 6.92 Å². The number of benzene rings is 1. The molecule has 0 heterocycles. The number of halogens is 1. The van der Waals surface area contributed by atoms with E-state index < -0.39 is 0 Å². The van der Waals surface area contributed by atoms with Gasteiger partial charge >= 0.3 is 0 Å². The van der Waals surface area contributed by atoms with E-state index in [0.717, 1.165) is 0 Å². The van der Waals surface area contributed by atoms with Gasteiger partial charge < -0.3 is 0 Å². The Bertz CT molecular complexity index is 234. The van der Waals surface area contributed by atoms with Crippen molar-refractivity contribution < 1.29 is 0 Å². The summed E-state index contributed by atoms with van der Waals surface area (Å²) in [4.78, 5) is 0. The molecule has 10 heavy (non-hydrogen) atoms. The molecule has 0 radical (unpaired) electrons. The van der Waals surface area contributed by atoms with E-state index in [0.29, 0.717) is 0 Å². The largest absolute Gasteiger partial charge is 0.0893 e. The highest BCUT2D eigenvalue weighted by atomic mass is 35.5. The van der Waals surface area contributed by atoms with E-state index in [1.807, 2.05) is 0 Å². The first-order valence-corrected chi connectivity index (χ1v) is 3.39. The van der Waals surface area contributed by atoms with Crippen molar-refractivity contribution in [2.75, 3.05) is 0 Å². The van der Waals surface area contributed by atoms with Crippen LogP contribution in [-0.4, -0.2) is 0 Å². The summed E-state index contributed by atoms with van der Waals surface area (Å²) in [6, 6.07) is 8.48. The molecule has 0 aromatic carbocycles. The molecule has 0 aromatic heterocycles. The molecule has 0 saturated carbocycles. The summed E-state index contributed by atoms with van der Waals surface area (Å²) in [6.45, 7) is 1.69. The van der Waals surface area contributed by atoms with Crippen LogP contribution in [0.15, 0.2) is 24.3 Å². The van der Waals surface area contributed by atoms with Gasteiger partial charge in [0.2, 0.25) is 0 Å². The monoisotopic (exact) mass is 150 g/mol. The quantitative estimate of drug-likeness (QED) is 0.507. The predicted molar refractivity (Wildman–Crippen MR) is 44.7 cm³/mol. The SMILES string of the molecule is CC#CCl.c1cc2ccc1-2. The van der Waals surface area contributed by atoms with Crippen LogP contribution in [0.25, 0.3) is 11.1 Å². The zero-order valence-electron chi connectivity index (χ0n) is 5.69. The van der Waals surface area contributed by atoms with Gasteiger partial charge in [-0.05, 0) is 29.7 Å². The minimum atomic E-state index is 1.43. The second-order valence-electron chi connectivity index (χ2n) is 1.92. The molecule has 50 valence electrons. The van der Waals surface area contributed by atoms with E-state index in [1.165, 1.54) is 11.1 Å². The van der Waals surface area contributed by atoms with Crippen molar-refractivity contribution in [1.29, 1.82) is 0 Å². The maximum absolute atomic E-state index is 4.82. The van der Waals surface area contributed by atoms with Crippen LogP contribution in [0.4, 0.5) is 0 Å². The summed E-state index contributed by atoms with van der Waals surface area (Å²) in [6.07, 6.45) is 0. The Morgan fingerprint density at radius 3 is 1.40 bits per heavy atom. The number of rotatable bonds is 0. The smallest absolute Gasteiger partial charge is 0.00377 e. The highest BCUT2D eigenvalue weighted by Crippen LogP contribution is 2.29. The molecule has 0 nitrogen and oxygen atoms in total. The van der Waals surface area contributed by atoms with E-state index in [-0.39, 0.29) is 0 Å². The fourth-order valence-electron chi connectivity index (χ4n) is 0.663. The molecule has 0 saturated heterocycles. The summed E-state index contributed by atoms with van der Waals surface area (Å²) in [5.74, 6) is 2.45. The predicted octanol–water partition coefficient (Wildman–Crippen LogP) is 2.87. The van der Waals surface area contributed by atoms with Crippen molar-refractivity contribution in [2.45, 2.75) is 6.92 Å². The van der Waals surface area contributed by atoms with Crippen LogP contribution in [0.5, 0.6) is 0 Å². The first kappa shape index (κ1) is 7.18. The Morgan fingerprint density at radius 1 is 1.10 bits per heavy atom. The van der Waals surface area contributed by atoms with E-state index in [1.54, 1.807) is 6.92 Å². The molecule has 0 spiro atoms. The molecule has 0 aliphatic heterocycles. The Labute approximate surface area is 65.8 Å². The molecule has 1 heteroatoms. The van der Waals surface area contributed by atoms with E-state index in [2.05, 4.69) is 35.6 Å². The molecule has 0 unspecified atom stereocenters. The van der Waals surface area contributed by atoms with Gasteiger partial charge in [0.1, 0.15) is 0 Å². The lowest BCUT2D eigenvalue weighted by Gasteiger charge is -2.10. The van der Waals surface area contributed by atoms with Gasteiger partial charge in [-0.15, -0.1) is 0 Å². The molecule has 2 aliphatic rings. The Balaban J connectivity index is 0.000000112. The Hall–Kier alpha value is -0.930. The third kappa shape index (κ3) is 1.32. The number of fused-ring (bicyclic) bond motifs is 1. The molecular formula is C9H7Cl. The van der Waals surface area contributed by atoms with E-state index in [9.17, 15) is 0 Å². The van der Waals surface area contributed by atoms with Gasteiger partial charge in [-0.25, -0.2) is 0 Å². The highest BCUT2D eigenvalue weighted by Gasteiger charge is 2.03. The van der Waals surface area contributed by atoms with Crippen molar-refractivity contribution >= 4 is 11.6 Å².